The molecule has 0 radical (unpaired) electrons. The van der Waals surface area contributed by atoms with E-state index >= 15 is 0 Å². The summed E-state index contributed by atoms with van der Waals surface area (Å²) in [5, 5.41) is 4.25. The summed E-state index contributed by atoms with van der Waals surface area (Å²) >= 11 is 3.30. The zero-order chi connectivity index (χ0) is 20.3. The number of nitrogens with zero attached hydrogens (tertiary/aromatic N) is 2. The predicted octanol–water partition coefficient (Wildman–Crippen LogP) is 3.65. The van der Waals surface area contributed by atoms with Crippen LogP contribution in [0.3, 0.4) is 0 Å². The summed E-state index contributed by atoms with van der Waals surface area (Å²) in [4.78, 5) is -0.0747. The number of nitrogens with one attached hydrogen (secondary N) is 1. The molecule has 3 rings (SSSR count). The highest BCUT2D eigenvalue weighted by Crippen LogP contribution is 2.31. The van der Waals surface area contributed by atoms with Crippen molar-refractivity contribution < 1.29 is 22.3 Å². The zero-order valence-corrected chi connectivity index (χ0v) is 17.4. The molecule has 0 amide bonds. The molecular weight excluding hydrogens is 453 g/mol. The Labute approximate surface area is 170 Å². The summed E-state index contributed by atoms with van der Waals surface area (Å²) in [5.41, 5.74) is 0.820. The quantitative estimate of drug-likeness (QED) is 0.570. The highest BCUT2D eigenvalue weighted by Gasteiger charge is 2.23. The van der Waals surface area contributed by atoms with Gasteiger partial charge in [-0.2, -0.15) is 5.10 Å². The molecule has 0 bridgehead atoms. The van der Waals surface area contributed by atoms with Crippen LogP contribution < -0.4 is 14.2 Å². The van der Waals surface area contributed by atoms with E-state index in [9.17, 15) is 12.8 Å². The van der Waals surface area contributed by atoms with Crippen LogP contribution in [-0.2, 0) is 16.6 Å². The van der Waals surface area contributed by atoms with Gasteiger partial charge in [-0.3, -0.25) is 9.40 Å². The van der Waals surface area contributed by atoms with Gasteiger partial charge in [-0.15, -0.1) is 0 Å². The first-order valence-electron chi connectivity index (χ1n) is 8.04. The van der Waals surface area contributed by atoms with Crippen LogP contribution in [0, 0.1) is 5.82 Å². The van der Waals surface area contributed by atoms with Gasteiger partial charge in [-0.05, 0) is 45.8 Å². The average Bonchev–Trinajstić information content (AvgIpc) is 3.01. The van der Waals surface area contributed by atoms with E-state index in [0.717, 1.165) is 5.56 Å². The third-order valence-electron chi connectivity index (χ3n) is 3.87. The first-order chi connectivity index (χ1) is 13.3. The monoisotopic (exact) mass is 469 g/mol. The first kappa shape index (κ1) is 20.2. The minimum atomic E-state index is -3.99. The fourth-order valence-corrected chi connectivity index (χ4v) is 4.25. The Morgan fingerprint density at radius 2 is 1.86 bits per heavy atom. The minimum Gasteiger partial charge on any atom is -0.497 e. The van der Waals surface area contributed by atoms with Crippen LogP contribution in [0.15, 0.2) is 58.0 Å². The Hall–Kier alpha value is -2.59. The number of aromatic nitrogens is 2. The van der Waals surface area contributed by atoms with Gasteiger partial charge >= 0.3 is 0 Å². The van der Waals surface area contributed by atoms with Crippen LogP contribution >= 0.6 is 15.9 Å². The van der Waals surface area contributed by atoms with E-state index < -0.39 is 10.0 Å². The molecule has 0 atom stereocenters. The Morgan fingerprint density at radius 1 is 1.14 bits per heavy atom. The molecule has 148 valence electrons. The number of anilines is 1. The third-order valence-corrected chi connectivity index (χ3v) is 5.81. The number of rotatable bonds is 7. The van der Waals surface area contributed by atoms with E-state index in [1.165, 1.54) is 43.2 Å². The lowest BCUT2D eigenvalue weighted by Gasteiger charge is -2.12. The molecule has 1 N–H and O–H groups in total. The number of hydrogen-bond acceptors (Lipinski definition) is 5. The van der Waals surface area contributed by atoms with Gasteiger partial charge < -0.3 is 9.47 Å². The van der Waals surface area contributed by atoms with Crippen LogP contribution in [0.5, 0.6) is 11.5 Å². The van der Waals surface area contributed by atoms with Crippen molar-refractivity contribution in [3.63, 3.8) is 0 Å². The van der Waals surface area contributed by atoms with Gasteiger partial charge in [0.15, 0.2) is 5.82 Å². The van der Waals surface area contributed by atoms with Crippen molar-refractivity contribution in [3.8, 4) is 11.5 Å². The van der Waals surface area contributed by atoms with Crippen LogP contribution in [0.25, 0.3) is 0 Å². The van der Waals surface area contributed by atoms with Gasteiger partial charge in [-0.25, -0.2) is 12.8 Å². The minimum absolute atomic E-state index is 0.0747. The highest BCUT2D eigenvalue weighted by molar-refractivity contribution is 9.10. The molecule has 1 heterocycles. The lowest BCUT2D eigenvalue weighted by molar-refractivity contribution is 0.392. The molecule has 0 fully saturated rings. The Bertz CT molecular complexity index is 1080. The van der Waals surface area contributed by atoms with Crippen LogP contribution in [0.2, 0.25) is 0 Å². The number of benzene rings is 2. The number of halogens is 2. The summed E-state index contributed by atoms with van der Waals surface area (Å²) in [5.74, 6) is 0.343. The summed E-state index contributed by atoms with van der Waals surface area (Å²) in [6.07, 6.45) is 1.63. The molecule has 10 heteroatoms. The predicted molar refractivity (Wildman–Crippen MR) is 106 cm³/mol. The molecule has 7 nitrogen and oxygen atoms in total. The maximum Gasteiger partial charge on any atom is 0.266 e. The van der Waals surface area contributed by atoms with Crippen molar-refractivity contribution in [2.75, 3.05) is 18.9 Å². The van der Waals surface area contributed by atoms with Crippen molar-refractivity contribution >= 4 is 31.8 Å². The molecule has 0 spiro atoms. The van der Waals surface area contributed by atoms with Gasteiger partial charge in [0.05, 0.1) is 25.2 Å². The number of methoxy groups -OCH3 is 2. The molecule has 0 aliphatic heterocycles. The van der Waals surface area contributed by atoms with Gasteiger partial charge in [0.1, 0.15) is 22.2 Å². The normalized spacial score (nSPS) is 11.3. The summed E-state index contributed by atoms with van der Waals surface area (Å²) in [6.45, 7) is 0.350. The molecule has 28 heavy (non-hydrogen) atoms. The van der Waals surface area contributed by atoms with Crippen LogP contribution in [0.4, 0.5) is 10.2 Å². The van der Waals surface area contributed by atoms with Gasteiger partial charge in [0, 0.05) is 12.3 Å². The maximum atomic E-state index is 13.0. The SMILES string of the molecule is COc1ccc(OC)c(S(=O)(=O)Nc2nn(Cc3ccc(F)cc3)cc2Br)c1. The highest BCUT2D eigenvalue weighted by atomic mass is 79.9. The molecule has 0 aliphatic carbocycles. The Morgan fingerprint density at radius 3 is 2.50 bits per heavy atom. The number of ether oxygens (including phenoxy) is 2. The molecule has 2 aromatic carbocycles. The van der Waals surface area contributed by atoms with Crippen LogP contribution in [-0.4, -0.2) is 32.4 Å². The second-order valence-electron chi connectivity index (χ2n) is 5.77. The molecular formula is C18H17BrFN3O4S. The second kappa shape index (κ2) is 8.19. The van der Waals surface area contributed by atoms with Crippen molar-refractivity contribution in [1.82, 2.24) is 9.78 Å². The fourth-order valence-electron chi connectivity index (χ4n) is 2.50. The van der Waals surface area contributed by atoms with E-state index in [1.807, 2.05) is 0 Å². The van der Waals surface area contributed by atoms with Crippen molar-refractivity contribution in [2.45, 2.75) is 11.4 Å². The Kier molecular flexibility index (Phi) is 5.90. The van der Waals surface area contributed by atoms with E-state index in [1.54, 1.807) is 24.4 Å². The zero-order valence-electron chi connectivity index (χ0n) is 15.0. The Balaban J connectivity index is 1.87. The number of sulfonamides is 1. The summed E-state index contributed by atoms with van der Waals surface area (Å²) in [6, 6.07) is 10.5. The lowest BCUT2D eigenvalue weighted by atomic mass is 10.2. The standard InChI is InChI=1S/C18H17BrFN3O4S/c1-26-14-7-8-16(27-2)17(9-14)28(24,25)22-18-15(19)11-23(21-18)10-12-3-5-13(20)6-4-12/h3-9,11H,10H2,1-2H3,(H,21,22). The lowest BCUT2D eigenvalue weighted by Crippen LogP contribution is -2.15. The van der Waals surface area contributed by atoms with Gasteiger partial charge in [0.25, 0.3) is 10.0 Å². The second-order valence-corrected chi connectivity index (χ2v) is 8.28. The molecule has 0 saturated heterocycles. The molecule has 0 saturated carbocycles. The molecule has 0 aliphatic rings. The summed E-state index contributed by atoms with van der Waals surface area (Å²) in [7, 11) is -1.16. The van der Waals surface area contributed by atoms with E-state index in [2.05, 4.69) is 25.8 Å². The smallest absolute Gasteiger partial charge is 0.266 e. The fraction of sp³-hybridized carbons (Fsp3) is 0.167. The van der Waals surface area contributed by atoms with E-state index in [-0.39, 0.29) is 22.3 Å². The van der Waals surface area contributed by atoms with Gasteiger partial charge in [-0.1, -0.05) is 12.1 Å². The van der Waals surface area contributed by atoms with E-state index in [0.29, 0.717) is 16.8 Å². The van der Waals surface area contributed by atoms with E-state index in [4.69, 9.17) is 9.47 Å². The molecule has 3 aromatic rings. The number of hydrogen-bond donors (Lipinski definition) is 1. The topological polar surface area (TPSA) is 82.4 Å². The largest absolute Gasteiger partial charge is 0.497 e. The van der Waals surface area contributed by atoms with Crippen molar-refractivity contribution in [2.24, 2.45) is 0 Å². The van der Waals surface area contributed by atoms with Crippen LogP contribution in [0.1, 0.15) is 5.56 Å². The third kappa shape index (κ3) is 4.45. The van der Waals surface area contributed by atoms with Crippen molar-refractivity contribution in [1.29, 1.82) is 0 Å². The van der Waals surface area contributed by atoms with Crippen molar-refractivity contribution in [3.05, 3.63) is 64.5 Å². The maximum absolute atomic E-state index is 13.0. The molecule has 0 unspecified atom stereocenters. The van der Waals surface area contributed by atoms with Gasteiger partial charge in [0.2, 0.25) is 0 Å². The molecule has 1 aromatic heterocycles. The average molecular weight is 470 g/mol. The summed E-state index contributed by atoms with van der Waals surface area (Å²) < 4.78 is 53.4. The first-order valence-corrected chi connectivity index (χ1v) is 10.3.